The molecule has 0 aliphatic carbocycles. The summed E-state index contributed by atoms with van der Waals surface area (Å²) in [6, 6.07) is 16.1. The Bertz CT molecular complexity index is 3170. The van der Waals surface area contributed by atoms with E-state index in [0.717, 1.165) is 50.0 Å². The fraction of sp³-hybridized carbons (Fsp3) is 0.618. The van der Waals surface area contributed by atoms with Crippen LogP contribution in [0.2, 0.25) is 0 Å². The van der Waals surface area contributed by atoms with Crippen LogP contribution in [0.1, 0.15) is 99.5 Å². The molecule has 0 spiro atoms. The van der Waals surface area contributed by atoms with Crippen LogP contribution in [-0.2, 0) is 59.0 Å². The van der Waals surface area contributed by atoms with Crippen molar-refractivity contribution in [3.63, 3.8) is 0 Å². The standard InChI is InChI=1S/C68H96FN13O14S/c1-50-13-15-52(16-14-50)10-9-12-60(85)72-20-6-4-5-11-55(40-73-61(86)43-76-23-24-77(44-64(89)90)26-28-79(47-95-49-84)30-29-78(27-25-76)46-94-48-83)97-59-37-62(87)81(67(59)93)42-51(2)66(92)80-33-31-75(32-34-80)22-7-8-35-96-54-17-18-58-57(36-54)56(19-21-71-58)65(91)74-41-63(88)82-45-68(3,69)38-53(82)39-70/h13-19,21,36,48-49,51,53,55,59H,4-12,20,22-35,37-38,40-47H2,1-3H3,(H,72,85)(H,73,86)(H,74,91)(H,89,90)/t51?,53-,55?,59?,68?/m1/s1. The predicted molar refractivity (Wildman–Crippen MR) is 359 cm³/mol. The number of amides is 7. The highest BCUT2D eigenvalue weighted by Crippen LogP contribution is 2.33. The molecule has 7 rings (SSSR count). The molecule has 4 aliphatic heterocycles. The summed E-state index contributed by atoms with van der Waals surface area (Å²) >= 11 is 1.34. The number of carboxylic acids is 1. The molecule has 0 saturated carbocycles. The van der Waals surface area contributed by atoms with E-state index in [1.807, 2.05) is 27.7 Å². The lowest BCUT2D eigenvalue weighted by Gasteiger charge is -2.36. The number of carbonyl (C=O) groups excluding carboxylic acids is 9. The molecule has 0 radical (unpaired) electrons. The van der Waals surface area contributed by atoms with Gasteiger partial charge < -0.3 is 45.1 Å². The van der Waals surface area contributed by atoms with E-state index in [1.165, 1.54) is 40.9 Å². The highest BCUT2D eigenvalue weighted by molar-refractivity contribution is 8.01. The van der Waals surface area contributed by atoms with Gasteiger partial charge in [-0.15, -0.1) is 11.8 Å². The van der Waals surface area contributed by atoms with E-state index in [9.17, 15) is 62.7 Å². The number of carboxylic acid groups (broad SMARTS) is 1. The number of piperazine rings is 1. The zero-order valence-corrected chi connectivity index (χ0v) is 57.0. The van der Waals surface area contributed by atoms with E-state index in [-0.39, 0.29) is 99.4 Å². The number of pyridine rings is 1. The number of nitrogens with zero attached hydrogens (tertiary/aromatic N) is 10. The first-order chi connectivity index (χ1) is 46.7. The summed E-state index contributed by atoms with van der Waals surface area (Å²) in [4.78, 5) is 147. The second-order valence-corrected chi connectivity index (χ2v) is 27.2. The number of imide groups is 1. The van der Waals surface area contributed by atoms with Crippen LogP contribution >= 0.6 is 11.8 Å². The lowest BCUT2D eigenvalue weighted by atomic mass is 10.1. The van der Waals surface area contributed by atoms with Crippen molar-refractivity contribution in [2.45, 2.75) is 114 Å². The van der Waals surface area contributed by atoms with Crippen LogP contribution in [-0.4, -0.2) is 283 Å². The van der Waals surface area contributed by atoms with Crippen molar-refractivity contribution in [3.8, 4) is 11.8 Å². The molecule has 4 unspecified atom stereocenters. The van der Waals surface area contributed by atoms with Gasteiger partial charge >= 0.3 is 5.97 Å². The van der Waals surface area contributed by atoms with E-state index in [0.29, 0.717) is 141 Å². The third kappa shape index (κ3) is 25.5. The summed E-state index contributed by atoms with van der Waals surface area (Å²) in [5.74, 6) is -3.40. The number of aromatic nitrogens is 1. The Labute approximate surface area is 571 Å². The molecular weight excluding hydrogens is 1270 g/mol. The van der Waals surface area contributed by atoms with E-state index in [4.69, 9.17) is 14.2 Å². The Balaban J connectivity index is 0.866. The van der Waals surface area contributed by atoms with Crippen molar-refractivity contribution in [1.29, 1.82) is 5.26 Å². The van der Waals surface area contributed by atoms with Crippen molar-refractivity contribution >= 4 is 82.9 Å². The molecule has 4 aliphatic rings. The van der Waals surface area contributed by atoms with Crippen LogP contribution in [0.25, 0.3) is 10.9 Å². The van der Waals surface area contributed by atoms with Gasteiger partial charge in [0.1, 0.15) is 30.9 Å². The van der Waals surface area contributed by atoms with Crippen molar-refractivity contribution < 1.29 is 71.7 Å². The Morgan fingerprint density at radius 1 is 0.794 bits per heavy atom. The fourth-order valence-corrected chi connectivity index (χ4v) is 13.8. The lowest BCUT2D eigenvalue weighted by Crippen LogP contribution is -2.51. The summed E-state index contributed by atoms with van der Waals surface area (Å²) in [6.07, 6.45) is 7.64. The van der Waals surface area contributed by atoms with Crippen molar-refractivity contribution in [1.82, 2.24) is 60.1 Å². The van der Waals surface area contributed by atoms with Crippen LogP contribution in [0.4, 0.5) is 4.39 Å². The molecule has 5 atom stereocenters. The normalized spacial score (nSPS) is 20.3. The van der Waals surface area contributed by atoms with Gasteiger partial charge in [-0.2, -0.15) is 5.26 Å². The minimum absolute atomic E-state index is 0.00182. The molecule has 1 aromatic heterocycles. The van der Waals surface area contributed by atoms with Gasteiger partial charge in [-0.1, -0.05) is 49.6 Å². The molecule has 530 valence electrons. The number of aryl methyl sites for hydroxylation is 2. The summed E-state index contributed by atoms with van der Waals surface area (Å²) in [5.41, 5.74) is 1.52. The monoisotopic (exact) mass is 1370 g/mol. The quantitative estimate of drug-likeness (QED) is 0.0369. The molecule has 29 heteroatoms. The minimum atomic E-state index is -1.68. The zero-order chi connectivity index (χ0) is 69.7. The van der Waals surface area contributed by atoms with Gasteiger partial charge in [0.25, 0.3) is 18.9 Å². The SMILES string of the molecule is Cc1ccc(CCCC(=O)NCCCCCC(CNC(=O)CN2CCN(COC=O)CCN(COC=O)CCN(CC(=O)O)CC2)SC2CC(=O)N(CC(C)C(=O)N3CCN(CCCCOc4ccc5nccc(C(=O)NCC(=O)N6CC(C)(F)C[C@@H]6C#N)c5c4)CC3)C2=O)cc1. The van der Waals surface area contributed by atoms with Gasteiger partial charge in [-0.3, -0.25) is 82.3 Å². The van der Waals surface area contributed by atoms with Crippen LogP contribution in [0, 0.1) is 24.2 Å². The summed E-state index contributed by atoms with van der Waals surface area (Å²) in [7, 11) is 0. The van der Waals surface area contributed by atoms with Crippen LogP contribution in [0.5, 0.6) is 5.75 Å². The summed E-state index contributed by atoms with van der Waals surface area (Å²) < 4.78 is 30.8. The highest BCUT2D eigenvalue weighted by Gasteiger charge is 2.44. The molecule has 2 aromatic carbocycles. The predicted octanol–water partition coefficient (Wildman–Crippen LogP) is 2.68. The Hall–Kier alpha value is -7.88. The van der Waals surface area contributed by atoms with Gasteiger partial charge in [0, 0.05) is 134 Å². The van der Waals surface area contributed by atoms with Crippen molar-refractivity contribution in [3.05, 3.63) is 71.4 Å². The smallest absolute Gasteiger partial charge is 0.317 e. The highest BCUT2D eigenvalue weighted by atomic mass is 32.2. The number of rotatable bonds is 36. The maximum absolute atomic E-state index is 14.6. The number of aliphatic carboxylic acids is 1. The minimum Gasteiger partial charge on any atom is -0.494 e. The Kier molecular flexibility index (Phi) is 31.1. The molecule has 4 fully saturated rings. The number of carbonyl (C=O) groups is 10. The molecule has 3 aromatic rings. The van der Waals surface area contributed by atoms with Gasteiger partial charge in [-0.25, -0.2) is 4.39 Å². The second-order valence-electron chi connectivity index (χ2n) is 25.7. The first-order valence-corrected chi connectivity index (χ1v) is 34.6. The average Bonchev–Trinajstić information content (AvgIpc) is 1.69. The average molecular weight is 1370 g/mol. The number of hydrogen-bond donors (Lipinski definition) is 4. The number of likely N-dealkylation sites (tertiary alicyclic amines) is 2. The van der Waals surface area contributed by atoms with Gasteiger partial charge in [0.15, 0.2) is 0 Å². The molecule has 5 heterocycles. The summed E-state index contributed by atoms with van der Waals surface area (Å²) in [6.45, 7) is 11.9. The maximum Gasteiger partial charge on any atom is 0.317 e. The van der Waals surface area contributed by atoms with Crippen molar-refractivity contribution in [2.24, 2.45) is 5.92 Å². The number of hydrogen-bond acceptors (Lipinski definition) is 21. The molecule has 97 heavy (non-hydrogen) atoms. The van der Waals surface area contributed by atoms with E-state index < -0.39 is 47.2 Å². The van der Waals surface area contributed by atoms with Gasteiger partial charge in [0.2, 0.25) is 35.4 Å². The third-order valence-electron chi connectivity index (χ3n) is 17.9. The molecular formula is C68H96FN13O14S. The lowest BCUT2D eigenvalue weighted by molar-refractivity contribution is -0.143. The fourth-order valence-electron chi connectivity index (χ4n) is 12.4. The first-order valence-electron chi connectivity index (χ1n) is 33.7. The molecule has 0 bridgehead atoms. The van der Waals surface area contributed by atoms with Gasteiger partial charge in [0.05, 0.1) is 61.1 Å². The number of benzene rings is 2. The van der Waals surface area contributed by atoms with Crippen LogP contribution in [0.15, 0.2) is 54.7 Å². The molecule has 4 saturated heterocycles. The number of unbranched alkanes of at least 4 members (excludes halogenated alkanes) is 3. The molecule has 7 amide bonds. The van der Waals surface area contributed by atoms with Crippen LogP contribution < -0.4 is 20.7 Å². The number of halogens is 1. The first kappa shape index (κ1) is 76.5. The molecule has 27 nitrogen and oxygen atoms in total. The van der Waals surface area contributed by atoms with Crippen molar-refractivity contribution in [2.75, 3.05) is 151 Å². The van der Waals surface area contributed by atoms with E-state index in [1.54, 1.807) is 41.0 Å². The topological polar surface area (TPSA) is 317 Å². The maximum atomic E-state index is 14.6. The number of nitrogens with one attached hydrogen (secondary N) is 3. The number of fused-ring (bicyclic) bond motifs is 1. The van der Waals surface area contributed by atoms with E-state index >= 15 is 0 Å². The largest absolute Gasteiger partial charge is 0.494 e. The third-order valence-corrected chi connectivity index (χ3v) is 19.4. The molecule has 4 N–H and O–H groups in total. The number of ether oxygens (including phenoxy) is 3. The second kappa shape index (κ2) is 39.5. The van der Waals surface area contributed by atoms with E-state index in [2.05, 4.69) is 50.1 Å². The number of alkyl halides is 1. The van der Waals surface area contributed by atoms with Gasteiger partial charge in [-0.05, 0) is 88.7 Å². The zero-order valence-electron chi connectivity index (χ0n) is 56.2. The number of thioether (sulfide) groups is 1. The Morgan fingerprint density at radius 2 is 1.45 bits per heavy atom. The van der Waals surface area contributed by atoms with Crippen LogP contribution in [0.3, 0.4) is 0 Å². The Morgan fingerprint density at radius 3 is 2.11 bits per heavy atom. The number of nitriles is 1. The summed E-state index contributed by atoms with van der Waals surface area (Å²) in [5, 5.41) is 27.4.